The van der Waals surface area contributed by atoms with Crippen LogP contribution in [0.5, 0.6) is 0 Å². The van der Waals surface area contributed by atoms with Gasteiger partial charge < -0.3 is 0 Å². The van der Waals surface area contributed by atoms with E-state index in [1.807, 2.05) is 19.1 Å². The van der Waals surface area contributed by atoms with Crippen molar-refractivity contribution in [3.63, 3.8) is 0 Å². The number of nitrogens with zero attached hydrogens (tertiary/aromatic N) is 2. The second kappa shape index (κ2) is 3.77. The number of carbonyl (C=O) groups is 2. The van der Waals surface area contributed by atoms with Crippen LogP contribution in [0.15, 0.2) is 42.6 Å². The normalized spacial score (nSPS) is 13.9. The summed E-state index contributed by atoms with van der Waals surface area (Å²) in [5.74, 6) is -0.675. The second-order valence-electron chi connectivity index (χ2n) is 4.18. The predicted molar refractivity (Wildman–Crippen MR) is 66.6 cm³/mol. The summed E-state index contributed by atoms with van der Waals surface area (Å²) in [5.41, 5.74) is 2.24. The molecule has 0 saturated carbocycles. The van der Waals surface area contributed by atoms with Crippen LogP contribution in [0.3, 0.4) is 0 Å². The van der Waals surface area contributed by atoms with Gasteiger partial charge in [-0.1, -0.05) is 17.7 Å². The number of aryl methyl sites for hydroxylation is 1. The fourth-order valence-corrected chi connectivity index (χ4v) is 2.00. The molecule has 1 aliphatic rings. The van der Waals surface area contributed by atoms with Gasteiger partial charge in [0.15, 0.2) is 0 Å². The fraction of sp³-hybridized carbons (Fsp3) is 0.0714. The summed E-state index contributed by atoms with van der Waals surface area (Å²) < 4.78 is 0. The maximum Gasteiger partial charge on any atom is 0.284 e. The minimum Gasteiger partial charge on any atom is -0.268 e. The van der Waals surface area contributed by atoms with E-state index in [4.69, 9.17) is 0 Å². The summed E-state index contributed by atoms with van der Waals surface area (Å²) in [4.78, 5) is 29.4. The topological polar surface area (TPSA) is 50.3 Å². The van der Waals surface area contributed by atoms with Gasteiger partial charge in [0, 0.05) is 6.20 Å². The van der Waals surface area contributed by atoms with E-state index >= 15 is 0 Å². The van der Waals surface area contributed by atoms with Crippen molar-refractivity contribution in [2.45, 2.75) is 6.92 Å². The zero-order chi connectivity index (χ0) is 12.7. The molecular formula is C14H10N2O2. The first kappa shape index (κ1) is 10.7. The molecule has 1 aliphatic heterocycles. The average Bonchev–Trinajstić information content (AvgIpc) is 2.64. The van der Waals surface area contributed by atoms with Crippen LogP contribution in [0.4, 0.5) is 5.69 Å². The summed E-state index contributed by atoms with van der Waals surface area (Å²) in [7, 11) is 0. The van der Waals surface area contributed by atoms with Crippen molar-refractivity contribution in [1.82, 2.24) is 4.98 Å². The number of hydrogen-bond donors (Lipinski definition) is 0. The maximum absolute atomic E-state index is 12.2. The van der Waals surface area contributed by atoms with Crippen LogP contribution in [-0.4, -0.2) is 16.8 Å². The van der Waals surface area contributed by atoms with E-state index in [-0.39, 0.29) is 17.5 Å². The van der Waals surface area contributed by atoms with Crippen molar-refractivity contribution in [2.75, 3.05) is 4.90 Å². The predicted octanol–water partition coefficient (Wildman–Crippen LogP) is 2.19. The Balaban J connectivity index is 2.09. The molecule has 1 aromatic heterocycles. The van der Waals surface area contributed by atoms with Crippen molar-refractivity contribution >= 4 is 17.5 Å². The van der Waals surface area contributed by atoms with Crippen LogP contribution in [0.25, 0.3) is 0 Å². The molecule has 0 saturated heterocycles. The highest BCUT2D eigenvalue weighted by Gasteiger charge is 2.37. The Labute approximate surface area is 104 Å². The number of benzene rings is 1. The van der Waals surface area contributed by atoms with Crippen molar-refractivity contribution in [3.8, 4) is 0 Å². The van der Waals surface area contributed by atoms with E-state index in [0.29, 0.717) is 11.3 Å². The van der Waals surface area contributed by atoms with Gasteiger partial charge in [-0.15, -0.1) is 0 Å². The maximum atomic E-state index is 12.2. The molecule has 88 valence electrons. The first-order valence-electron chi connectivity index (χ1n) is 5.59. The van der Waals surface area contributed by atoms with Crippen LogP contribution in [-0.2, 0) is 0 Å². The zero-order valence-corrected chi connectivity index (χ0v) is 9.75. The Morgan fingerprint density at radius 1 is 1.00 bits per heavy atom. The lowest BCUT2D eigenvalue weighted by atomic mass is 10.2. The van der Waals surface area contributed by atoms with E-state index in [9.17, 15) is 9.59 Å². The zero-order valence-electron chi connectivity index (χ0n) is 9.75. The summed E-state index contributed by atoms with van der Waals surface area (Å²) in [6.07, 6.45) is 1.52. The minimum absolute atomic E-state index is 0.225. The number of hydrogen-bond acceptors (Lipinski definition) is 3. The van der Waals surface area contributed by atoms with Gasteiger partial charge in [0.25, 0.3) is 11.8 Å². The number of imide groups is 1. The Hall–Kier alpha value is -2.49. The summed E-state index contributed by atoms with van der Waals surface area (Å²) in [6.45, 7) is 1.95. The van der Waals surface area contributed by atoms with Crippen LogP contribution in [0, 0.1) is 6.92 Å². The lowest BCUT2D eigenvalue weighted by molar-refractivity contribution is 0.0924. The van der Waals surface area contributed by atoms with Gasteiger partial charge in [-0.25, -0.2) is 4.90 Å². The van der Waals surface area contributed by atoms with E-state index < -0.39 is 0 Å². The van der Waals surface area contributed by atoms with Crippen molar-refractivity contribution in [3.05, 3.63) is 59.4 Å². The van der Waals surface area contributed by atoms with Crippen LogP contribution < -0.4 is 4.90 Å². The summed E-state index contributed by atoms with van der Waals surface area (Å²) >= 11 is 0. The summed E-state index contributed by atoms with van der Waals surface area (Å²) in [5, 5.41) is 0. The molecule has 4 nitrogen and oxygen atoms in total. The second-order valence-corrected chi connectivity index (χ2v) is 4.18. The highest BCUT2D eigenvalue weighted by atomic mass is 16.2. The highest BCUT2D eigenvalue weighted by Crippen LogP contribution is 2.26. The van der Waals surface area contributed by atoms with E-state index in [2.05, 4.69) is 4.98 Å². The van der Waals surface area contributed by atoms with Gasteiger partial charge in [-0.3, -0.25) is 14.6 Å². The molecule has 0 N–H and O–H groups in total. The largest absolute Gasteiger partial charge is 0.284 e. The van der Waals surface area contributed by atoms with E-state index in [1.54, 1.807) is 24.3 Å². The third kappa shape index (κ3) is 1.43. The number of carbonyl (C=O) groups excluding carboxylic acids is 2. The fourth-order valence-electron chi connectivity index (χ4n) is 2.00. The monoisotopic (exact) mass is 238 g/mol. The Morgan fingerprint density at radius 2 is 1.72 bits per heavy atom. The smallest absolute Gasteiger partial charge is 0.268 e. The molecule has 0 spiro atoms. The Kier molecular flexibility index (Phi) is 2.23. The van der Waals surface area contributed by atoms with Crippen molar-refractivity contribution in [1.29, 1.82) is 0 Å². The van der Waals surface area contributed by atoms with Crippen LogP contribution in [0.2, 0.25) is 0 Å². The van der Waals surface area contributed by atoms with Gasteiger partial charge in [0.2, 0.25) is 0 Å². The van der Waals surface area contributed by atoms with E-state index in [1.165, 1.54) is 6.20 Å². The molecule has 0 radical (unpaired) electrons. The molecule has 0 unspecified atom stereocenters. The molecule has 0 fully saturated rings. The van der Waals surface area contributed by atoms with Crippen LogP contribution in [0.1, 0.15) is 26.4 Å². The van der Waals surface area contributed by atoms with Crippen LogP contribution >= 0.6 is 0 Å². The van der Waals surface area contributed by atoms with Gasteiger partial charge in [0.1, 0.15) is 5.69 Å². The number of aromatic nitrogens is 1. The molecule has 3 rings (SSSR count). The van der Waals surface area contributed by atoms with Gasteiger partial charge in [0.05, 0.1) is 11.3 Å². The number of fused-ring (bicyclic) bond motifs is 1. The van der Waals surface area contributed by atoms with Crippen molar-refractivity contribution < 1.29 is 9.59 Å². The van der Waals surface area contributed by atoms with Crippen molar-refractivity contribution in [2.24, 2.45) is 0 Å². The average molecular weight is 238 g/mol. The standard InChI is InChI=1S/C14H10N2O2/c1-9-4-6-10(7-5-9)16-13(17)11-3-2-8-15-12(11)14(16)18/h2-8H,1H3. The Morgan fingerprint density at radius 3 is 2.39 bits per heavy atom. The first-order valence-corrected chi connectivity index (χ1v) is 5.59. The molecule has 0 bridgehead atoms. The number of amides is 2. The van der Waals surface area contributed by atoms with Gasteiger partial charge in [-0.2, -0.15) is 0 Å². The molecule has 2 aromatic rings. The summed E-state index contributed by atoms with van der Waals surface area (Å²) in [6, 6.07) is 10.5. The lowest BCUT2D eigenvalue weighted by Crippen LogP contribution is -2.29. The van der Waals surface area contributed by atoms with Gasteiger partial charge in [-0.05, 0) is 31.2 Å². The minimum atomic E-state index is -0.362. The molecule has 18 heavy (non-hydrogen) atoms. The Bertz CT molecular complexity index is 612. The third-order valence-electron chi connectivity index (χ3n) is 2.94. The highest BCUT2D eigenvalue weighted by molar-refractivity contribution is 6.33. The molecule has 0 atom stereocenters. The van der Waals surface area contributed by atoms with E-state index in [0.717, 1.165) is 10.5 Å². The van der Waals surface area contributed by atoms with Gasteiger partial charge >= 0.3 is 0 Å². The first-order chi connectivity index (χ1) is 8.68. The molecule has 0 aliphatic carbocycles. The number of anilines is 1. The molecule has 4 heteroatoms. The molecule has 1 aromatic carbocycles. The third-order valence-corrected chi connectivity index (χ3v) is 2.94. The molecule has 2 amide bonds. The quantitative estimate of drug-likeness (QED) is 0.715. The molecular weight excluding hydrogens is 228 g/mol. The SMILES string of the molecule is Cc1ccc(N2C(=O)c3cccnc3C2=O)cc1. The lowest BCUT2D eigenvalue weighted by Gasteiger charge is -2.13. The number of rotatable bonds is 1. The molecule has 2 heterocycles. The number of pyridine rings is 1.